The minimum atomic E-state index is -0.782. The summed E-state index contributed by atoms with van der Waals surface area (Å²) in [6, 6.07) is 6.53. The Bertz CT molecular complexity index is 551. The smallest absolute Gasteiger partial charge is 0.252 e. The molecule has 0 radical (unpaired) electrons. The predicted molar refractivity (Wildman–Crippen MR) is 81.4 cm³/mol. The quantitative estimate of drug-likeness (QED) is 0.929. The van der Waals surface area contributed by atoms with E-state index in [-0.39, 0.29) is 11.7 Å². The average Bonchev–Trinajstić information content (AvgIpc) is 2.90. The molecule has 3 nitrogen and oxygen atoms in total. The summed E-state index contributed by atoms with van der Waals surface area (Å²) >= 11 is 3.15. The summed E-state index contributed by atoms with van der Waals surface area (Å²) in [6.07, 6.45) is 2.53. The van der Waals surface area contributed by atoms with Gasteiger partial charge < -0.3 is 5.32 Å². The van der Waals surface area contributed by atoms with Gasteiger partial charge in [-0.3, -0.25) is 4.79 Å². The van der Waals surface area contributed by atoms with Crippen LogP contribution in [0.15, 0.2) is 18.2 Å². The number of hydrogen-bond acceptors (Lipinski definition) is 4. The van der Waals surface area contributed by atoms with E-state index in [1.165, 1.54) is 23.9 Å². The van der Waals surface area contributed by atoms with Crippen molar-refractivity contribution in [3.63, 3.8) is 0 Å². The fraction of sp³-hybridized carbons (Fsp3) is 0.429. The van der Waals surface area contributed by atoms with E-state index in [2.05, 4.69) is 11.4 Å². The minimum absolute atomic E-state index is 0.303. The molecule has 0 unspecified atom stereocenters. The Morgan fingerprint density at radius 2 is 2.45 bits per heavy atom. The van der Waals surface area contributed by atoms with Crippen molar-refractivity contribution in [2.45, 2.75) is 17.7 Å². The summed E-state index contributed by atoms with van der Waals surface area (Å²) < 4.78 is 13.6. The fourth-order valence-corrected chi connectivity index (χ4v) is 3.85. The number of halogens is 1. The van der Waals surface area contributed by atoms with Crippen molar-refractivity contribution >= 4 is 29.4 Å². The summed E-state index contributed by atoms with van der Waals surface area (Å²) in [5, 5.41) is 12.1. The van der Waals surface area contributed by atoms with Crippen molar-refractivity contribution in [2.24, 2.45) is 0 Å². The van der Waals surface area contributed by atoms with Gasteiger partial charge in [-0.25, -0.2) is 4.39 Å². The van der Waals surface area contributed by atoms with Gasteiger partial charge in [-0.05, 0) is 42.2 Å². The molecule has 0 saturated carbocycles. The van der Waals surface area contributed by atoms with Crippen LogP contribution in [0.1, 0.15) is 22.3 Å². The molecule has 1 fully saturated rings. The lowest BCUT2D eigenvalue weighted by Gasteiger charge is -2.21. The third-order valence-corrected chi connectivity index (χ3v) is 4.99. The van der Waals surface area contributed by atoms with Crippen molar-refractivity contribution < 1.29 is 9.18 Å². The fourth-order valence-electron chi connectivity index (χ4n) is 2.05. The van der Waals surface area contributed by atoms with Gasteiger partial charge in [0.1, 0.15) is 11.4 Å². The number of carbonyl (C=O) groups is 1. The monoisotopic (exact) mass is 310 g/mol. The van der Waals surface area contributed by atoms with Crippen LogP contribution in [0.2, 0.25) is 0 Å². The molecule has 0 aromatic heterocycles. The Labute approximate surface area is 126 Å². The summed E-state index contributed by atoms with van der Waals surface area (Å²) in [5.41, 5.74) is 0.134. The molecule has 2 rings (SSSR count). The maximum absolute atomic E-state index is 13.6. The standard InChI is InChI=1S/C14H15FN2OS2/c1-19-7-11-6-10(2-3-12(11)15)13(18)17-14(8-16)4-5-20-9-14/h2-3,6H,4-5,7,9H2,1H3,(H,17,18)/t14-/m1/s1. The molecular formula is C14H15FN2OS2. The first kappa shape index (κ1) is 15.2. The van der Waals surface area contributed by atoms with Gasteiger partial charge in [-0.1, -0.05) is 0 Å². The average molecular weight is 310 g/mol. The summed E-state index contributed by atoms with van der Waals surface area (Å²) in [4.78, 5) is 12.2. The van der Waals surface area contributed by atoms with Gasteiger partial charge in [0.15, 0.2) is 0 Å². The van der Waals surface area contributed by atoms with Crippen molar-refractivity contribution in [2.75, 3.05) is 17.8 Å². The molecule has 20 heavy (non-hydrogen) atoms. The van der Waals surface area contributed by atoms with Crippen LogP contribution < -0.4 is 5.32 Å². The number of amides is 1. The third-order valence-electron chi connectivity index (χ3n) is 3.20. The topological polar surface area (TPSA) is 52.9 Å². The molecule has 1 amide bonds. The maximum Gasteiger partial charge on any atom is 0.252 e. The van der Waals surface area contributed by atoms with Gasteiger partial charge in [0.2, 0.25) is 0 Å². The summed E-state index contributed by atoms with van der Waals surface area (Å²) in [5.74, 6) is 1.38. The highest BCUT2D eigenvalue weighted by Crippen LogP contribution is 2.27. The normalized spacial score (nSPS) is 21.4. The van der Waals surface area contributed by atoms with Crippen LogP contribution in [0.4, 0.5) is 4.39 Å². The molecule has 1 atom stereocenters. The van der Waals surface area contributed by atoms with Crippen LogP contribution in [0.5, 0.6) is 0 Å². The highest BCUT2D eigenvalue weighted by Gasteiger charge is 2.36. The lowest BCUT2D eigenvalue weighted by molar-refractivity contribution is 0.0926. The number of nitrogens with zero attached hydrogens (tertiary/aromatic N) is 1. The zero-order valence-corrected chi connectivity index (χ0v) is 12.7. The first-order valence-corrected chi connectivity index (χ1v) is 8.74. The molecule has 1 aromatic carbocycles. The molecule has 0 bridgehead atoms. The Morgan fingerprint density at radius 3 is 3.05 bits per heavy atom. The van der Waals surface area contributed by atoms with E-state index < -0.39 is 5.54 Å². The largest absolute Gasteiger partial charge is 0.333 e. The molecule has 6 heteroatoms. The van der Waals surface area contributed by atoms with Crippen molar-refractivity contribution in [1.29, 1.82) is 5.26 Å². The zero-order valence-electron chi connectivity index (χ0n) is 11.1. The van der Waals surface area contributed by atoms with Crippen LogP contribution in [0, 0.1) is 17.1 Å². The van der Waals surface area contributed by atoms with Crippen LogP contribution in [0.25, 0.3) is 0 Å². The predicted octanol–water partition coefficient (Wildman–Crippen LogP) is 2.82. The summed E-state index contributed by atoms with van der Waals surface area (Å²) in [7, 11) is 0. The first-order valence-electron chi connectivity index (χ1n) is 6.19. The minimum Gasteiger partial charge on any atom is -0.333 e. The molecule has 1 aliphatic rings. The van der Waals surface area contributed by atoms with Gasteiger partial charge in [0.05, 0.1) is 6.07 Å². The van der Waals surface area contributed by atoms with Gasteiger partial charge in [0.25, 0.3) is 5.91 Å². The van der Waals surface area contributed by atoms with Crippen LogP contribution in [-0.2, 0) is 5.75 Å². The molecule has 0 spiro atoms. The molecular weight excluding hydrogens is 295 g/mol. The number of carbonyl (C=O) groups excluding carboxylic acids is 1. The Kier molecular flexibility index (Phi) is 4.95. The van der Waals surface area contributed by atoms with Crippen LogP contribution in [-0.4, -0.2) is 29.2 Å². The van der Waals surface area contributed by atoms with Crippen molar-refractivity contribution in [1.82, 2.24) is 5.32 Å². The molecule has 1 heterocycles. The van der Waals surface area contributed by atoms with Crippen LogP contribution >= 0.6 is 23.5 Å². The molecule has 1 N–H and O–H groups in total. The van der Waals surface area contributed by atoms with E-state index in [1.54, 1.807) is 17.8 Å². The molecule has 1 aliphatic heterocycles. The maximum atomic E-state index is 13.6. The van der Waals surface area contributed by atoms with E-state index in [0.717, 1.165) is 5.75 Å². The van der Waals surface area contributed by atoms with Crippen molar-refractivity contribution in [3.8, 4) is 6.07 Å². The number of benzene rings is 1. The van der Waals surface area contributed by atoms with Gasteiger partial charge in [-0.15, -0.1) is 0 Å². The van der Waals surface area contributed by atoms with E-state index in [4.69, 9.17) is 0 Å². The summed E-state index contributed by atoms with van der Waals surface area (Å²) in [6.45, 7) is 0. The van der Waals surface area contributed by atoms with Crippen molar-refractivity contribution in [3.05, 3.63) is 35.1 Å². The molecule has 1 saturated heterocycles. The Morgan fingerprint density at radius 1 is 1.65 bits per heavy atom. The lowest BCUT2D eigenvalue weighted by Crippen LogP contribution is -2.47. The SMILES string of the molecule is CSCc1cc(C(=O)N[C@@]2(C#N)CCSC2)ccc1F. The number of hydrogen-bond donors (Lipinski definition) is 1. The van der Waals surface area contributed by atoms with E-state index in [9.17, 15) is 14.4 Å². The first-order chi connectivity index (χ1) is 9.60. The van der Waals surface area contributed by atoms with E-state index in [1.807, 2.05) is 6.26 Å². The van der Waals surface area contributed by atoms with Gasteiger partial charge in [-0.2, -0.15) is 28.8 Å². The Balaban J connectivity index is 2.17. The van der Waals surface area contributed by atoms with Gasteiger partial charge in [0, 0.05) is 17.1 Å². The van der Waals surface area contributed by atoms with Crippen LogP contribution in [0.3, 0.4) is 0 Å². The van der Waals surface area contributed by atoms with E-state index >= 15 is 0 Å². The zero-order chi connectivity index (χ0) is 14.6. The highest BCUT2D eigenvalue weighted by atomic mass is 32.2. The number of rotatable bonds is 4. The second-order valence-electron chi connectivity index (χ2n) is 4.69. The molecule has 1 aromatic rings. The number of nitrogens with one attached hydrogen (secondary N) is 1. The highest BCUT2D eigenvalue weighted by molar-refractivity contribution is 7.99. The van der Waals surface area contributed by atoms with E-state index in [0.29, 0.717) is 29.1 Å². The lowest BCUT2D eigenvalue weighted by atomic mass is 10.00. The number of nitriles is 1. The molecule has 106 valence electrons. The molecule has 0 aliphatic carbocycles. The second-order valence-corrected chi connectivity index (χ2v) is 6.66. The Hall–Kier alpha value is -1.19. The van der Waals surface area contributed by atoms with Gasteiger partial charge >= 0.3 is 0 Å². The number of thioether (sulfide) groups is 2. The second kappa shape index (κ2) is 6.51. The third kappa shape index (κ3) is 3.28.